The normalized spacial score (nSPS) is 12.3. The van der Waals surface area contributed by atoms with Gasteiger partial charge in [-0.05, 0) is 75.6 Å². The SMILES string of the molecule is CN=c1scc(-c2ccc(C)c(C)c2)n1N=Cc1ccc(OC(=O)OC(C)(C)C)c(OC)c1. The maximum absolute atomic E-state index is 12.0. The largest absolute Gasteiger partial charge is 0.514 e. The molecule has 33 heavy (non-hydrogen) atoms. The smallest absolute Gasteiger partial charge is 0.493 e. The number of benzene rings is 2. The quantitative estimate of drug-likeness (QED) is 0.279. The monoisotopic (exact) mass is 467 g/mol. The van der Waals surface area contributed by atoms with Gasteiger partial charge in [0.1, 0.15) is 5.60 Å². The number of methoxy groups -OCH3 is 1. The molecule has 8 heteroatoms. The Kier molecular flexibility index (Phi) is 7.38. The molecule has 0 saturated heterocycles. The summed E-state index contributed by atoms with van der Waals surface area (Å²) in [5, 5.41) is 6.71. The summed E-state index contributed by atoms with van der Waals surface area (Å²) in [5.74, 6) is 0.669. The summed E-state index contributed by atoms with van der Waals surface area (Å²) in [6.07, 6.45) is 0.925. The minimum absolute atomic E-state index is 0.271. The van der Waals surface area contributed by atoms with Crippen LogP contribution in [-0.2, 0) is 4.74 Å². The molecular formula is C25H29N3O4S. The standard InChI is InChI=1S/C25H29N3O4S/c1-16-8-10-19(12-17(16)2)20-15-33-23(26-6)28(20)27-14-18-9-11-21(22(13-18)30-7)31-24(29)32-25(3,4)5/h8-15H,1-7H3. The summed E-state index contributed by atoms with van der Waals surface area (Å²) >= 11 is 1.52. The van der Waals surface area contributed by atoms with E-state index in [4.69, 9.17) is 14.2 Å². The van der Waals surface area contributed by atoms with Gasteiger partial charge in [-0.25, -0.2) is 9.47 Å². The predicted molar refractivity (Wildman–Crippen MR) is 132 cm³/mol. The molecule has 1 heterocycles. The van der Waals surface area contributed by atoms with Crippen molar-refractivity contribution in [1.82, 2.24) is 4.68 Å². The van der Waals surface area contributed by atoms with Crippen molar-refractivity contribution in [3.05, 3.63) is 63.3 Å². The number of carbonyl (C=O) groups excluding carboxylic acids is 1. The fraction of sp³-hybridized carbons (Fsp3) is 0.320. The van der Waals surface area contributed by atoms with Crippen molar-refractivity contribution in [3.8, 4) is 22.8 Å². The minimum atomic E-state index is -0.789. The number of hydrogen-bond donors (Lipinski definition) is 0. The maximum atomic E-state index is 12.0. The van der Waals surface area contributed by atoms with Crippen LogP contribution in [0.2, 0.25) is 0 Å². The zero-order valence-electron chi connectivity index (χ0n) is 20.0. The second-order valence-corrected chi connectivity index (χ2v) is 9.30. The Hall–Kier alpha value is -3.39. The van der Waals surface area contributed by atoms with E-state index in [1.54, 1.807) is 52.2 Å². The number of thiazole rings is 1. The van der Waals surface area contributed by atoms with E-state index >= 15 is 0 Å². The minimum Gasteiger partial charge on any atom is -0.493 e. The van der Waals surface area contributed by atoms with Crippen molar-refractivity contribution in [2.75, 3.05) is 14.2 Å². The molecule has 0 amide bonds. The van der Waals surface area contributed by atoms with Crippen LogP contribution in [0.1, 0.15) is 37.5 Å². The molecule has 2 aromatic carbocycles. The number of carbonyl (C=O) groups is 1. The van der Waals surface area contributed by atoms with Crippen LogP contribution >= 0.6 is 11.3 Å². The van der Waals surface area contributed by atoms with Crippen LogP contribution in [0, 0.1) is 13.8 Å². The molecule has 0 radical (unpaired) electrons. The van der Waals surface area contributed by atoms with Crippen molar-refractivity contribution < 1.29 is 19.0 Å². The third-order valence-corrected chi connectivity index (χ3v) is 5.68. The van der Waals surface area contributed by atoms with Gasteiger partial charge in [0.05, 0.1) is 19.0 Å². The lowest BCUT2D eigenvalue weighted by Gasteiger charge is -2.19. The van der Waals surface area contributed by atoms with Gasteiger partial charge in [0.15, 0.2) is 11.5 Å². The summed E-state index contributed by atoms with van der Waals surface area (Å²) in [5.41, 5.74) is 4.61. The summed E-state index contributed by atoms with van der Waals surface area (Å²) in [6.45, 7) is 9.51. The molecule has 0 fully saturated rings. The molecule has 0 atom stereocenters. The topological polar surface area (TPSA) is 74.4 Å². The van der Waals surface area contributed by atoms with Gasteiger partial charge in [0.2, 0.25) is 4.80 Å². The Balaban J connectivity index is 1.90. The third-order valence-electron chi connectivity index (χ3n) is 4.77. The van der Waals surface area contributed by atoms with Crippen molar-refractivity contribution in [3.63, 3.8) is 0 Å². The van der Waals surface area contributed by atoms with Crippen LogP contribution in [0.5, 0.6) is 11.5 Å². The van der Waals surface area contributed by atoms with Crippen LogP contribution < -0.4 is 14.3 Å². The van der Waals surface area contributed by atoms with Crippen molar-refractivity contribution >= 4 is 23.7 Å². The highest BCUT2D eigenvalue weighted by Gasteiger charge is 2.19. The second kappa shape index (κ2) is 10.0. The highest BCUT2D eigenvalue weighted by molar-refractivity contribution is 7.07. The van der Waals surface area contributed by atoms with Crippen molar-refractivity contribution in [2.45, 2.75) is 40.2 Å². The Morgan fingerprint density at radius 2 is 1.82 bits per heavy atom. The molecule has 0 saturated carbocycles. The predicted octanol–water partition coefficient (Wildman–Crippen LogP) is 5.57. The Labute approximate surface area is 198 Å². The van der Waals surface area contributed by atoms with Crippen LogP contribution in [0.3, 0.4) is 0 Å². The Morgan fingerprint density at radius 3 is 2.45 bits per heavy atom. The molecule has 0 aliphatic heterocycles. The van der Waals surface area contributed by atoms with E-state index in [0.29, 0.717) is 5.75 Å². The first kappa shape index (κ1) is 24.3. The molecular weight excluding hydrogens is 438 g/mol. The van der Waals surface area contributed by atoms with E-state index < -0.39 is 11.8 Å². The number of rotatable bonds is 5. The van der Waals surface area contributed by atoms with Crippen LogP contribution in [-0.4, -0.2) is 36.8 Å². The molecule has 0 spiro atoms. The van der Waals surface area contributed by atoms with Gasteiger partial charge in [-0.15, -0.1) is 11.3 Å². The molecule has 0 aliphatic rings. The first-order chi connectivity index (χ1) is 15.6. The third kappa shape index (κ3) is 6.10. The van der Waals surface area contributed by atoms with E-state index in [2.05, 4.69) is 42.1 Å². The number of nitrogens with zero attached hydrogens (tertiary/aromatic N) is 3. The summed E-state index contributed by atoms with van der Waals surface area (Å²) in [6, 6.07) is 11.5. The maximum Gasteiger partial charge on any atom is 0.514 e. The average molecular weight is 468 g/mol. The average Bonchev–Trinajstić information content (AvgIpc) is 3.16. The summed E-state index contributed by atoms with van der Waals surface area (Å²) in [4.78, 5) is 17.1. The van der Waals surface area contributed by atoms with Gasteiger partial charge in [0.25, 0.3) is 0 Å². The summed E-state index contributed by atoms with van der Waals surface area (Å²) in [7, 11) is 3.26. The van der Waals surface area contributed by atoms with Gasteiger partial charge >= 0.3 is 6.16 Å². The zero-order valence-corrected chi connectivity index (χ0v) is 20.8. The van der Waals surface area contributed by atoms with Gasteiger partial charge in [-0.2, -0.15) is 5.10 Å². The summed E-state index contributed by atoms with van der Waals surface area (Å²) < 4.78 is 17.7. The fourth-order valence-corrected chi connectivity index (χ4v) is 3.80. The lowest BCUT2D eigenvalue weighted by atomic mass is 10.1. The molecule has 3 rings (SSSR count). The highest BCUT2D eigenvalue weighted by atomic mass is 32.1. The first-order valence-electron chi connectivity index (χ1n) is 10.5. The Morgan fingerprint density at radius 1 is 1.06 bits per heavy atom. The molecule has 1 aromatic heterocycles. The van der Waals surface area contributed by atoms with Crippen LogP contribution in [0.15, 0.2) is 51.9 Å². The van der Waals surface area contributed by atoms with Gasteiger partial charge in [0, 0.05) is 18.0 Å². The molecule has 0 unspecified atom stereocenters. The molecule has 0 N–H and O–H groups in total. The fourth-order valence-electron chi connectivity index (χ4n) is 3.00. The molecule has 0 bridgehead atoms. The molecule has 3 aromatic rings. The van der Waals surface area contributed by atoms with Gasteiger partial charge in [-0.1, -0.05) is 12.1 Å². The van der Waals surface area contributed by atoms with Gasteiger partial charge in [-0.3, -0.25) is 4.99 Å². The molecule has 7 nitrogen and oxygen atoms in total. The van der Waals surface area contributed by atoms with Crippen LogP contribution in [0.25, 0.3) is 11.3 Å². The molecule has 0 aliphatic carbocycles. The van der Waals surface area contributed by atoms with E-state index in [9.17, 15) is 4.79 Å². The number of hydrogen-bond acceptors (Lipinski definition) is 7. The lowest BCUT2D eigenvalue weighted by molar-refractivity contribution is 0.0201. The van der Waals surface area contributed by atoms with E-state index in [1.165, 1.54) is 29.6 Å². The molecule has 174 valence electrons. The van der Waals surface area contributed by atoms with Crippen molar-refractivity contribution in [2.24, 2.45) is 10.1 Å². The van der Waals surface area contributed by atoms with Crippen molar-refractivity contribution in [1.29, 1.82) is 0 Å². The second-order valence-electron chi connectivity index (χ2n) is 8.46. The van der Waals surface area contributed by atoms with Gasteiger partial charge < -0.3 is 14.2 Å². The lowest BCUT2D eigenvalue weighted by Crippen LogP contribution is -2.26. The Bertz CT molecular complexity index is 1250. The number of aromatic nitrogens is 1. The van der Waals surface area contributed by atoms with Crippen LogP contribution in [0.4, 0.5) is 4.79 Å². The first-order valence-corrected chi connectivity index (χ1v) is 11.3. The van der Waals surface area contributed by atoms with E-state index in [0.717, 1.165) is 21.6 Å². The number of aryl methyl sites for hydroxylation is 2. The highest BCUT2D eigenvalue weighted by Crippen LogP contribution is 2.29. The van der Waals surface area contributed by atoms with E-state index in [-0.39, 0.29) is 5.75 Å². The number of ether oxygens (including phenoxy) is 3. The van der Waals surface area contributed by atoms with E-state index in [1.807, 2.05) is 10.1 Å². The zero-order chi connectivity index (χ0) is 24.2.